The molecule has 80 valence electrons. The third-order valence-corrected chi connectivity index (χ3v) is 1.77. The molecule has 0 spiro atoms. The predicted molar refractivity (Wildman–Crippen MR) is 56.3 cm³/mol. The van der Waals surface area contributed by atoms with Crippen molar-refractivity contribution in [2.45, 2.75) is 0 Å². The molecule has 2 aromatic heterocycles. The Morgan fingerprint density at radius 2 is 1.75 bits per heavy atom. The summed E-state index contributed by atoms with van der Waals surface area (Å²) < 4.78 is 0. The number of carbonyl (C=O) groups excluding carboxylic acids is 1. The maximum absolute atomic E-state index is 11.8. The van der Waals surface area contributed by atoms with Gasteiger partial charge in [0.05, 0.1) is 0 Å². The van der Waals surface area contributed by atoms with Crippen LogP contribution in [0.25, 0.3) is 0 Å². The fourth-order valence-corrected chi connectivity index (χ4v) is 1.12. The van der Waals surface area contributed by atoms with Gasteiger partial charge in [0.2, 0.25) is 23.5 Å². The number of nitrogens with zero attached hydrogens (tertiary/aromatic N) is 4. The van der Waals surface area contributed by atoms with E-state index in [1.165, 1.54) is 6.20 Å². The van der Waals surface area contributed by atoms with Crippen LogP contribution in [0.4, 0.5) is 11.9 Å². The Bertz CT molecular complexity index is 507. The quantitative estimate of drug-likeness (QED) is 0.658. The molecule has 0 aliphatic carbocycles. The van der Waals surface area contributed by atoms with Gasteiger partial charge >= 0.3 is 0 Å². The summed E-state index contributed by atoms with van der Waals surface area (Å²) in [5, 5.41) is 0. The number of nitrogen functional groups attached to an aromatic ring is 2. The van der Waals surface area contributed by atoms with E-state index < -0.39 is 5.78 Å². The van der Waals surface area contributed by atoms with Gasteiger partial charge in [0, 0.05) is 6.20 Å². The van der Waals surface area contributed by atoms with Crippen molar-refractivity contribution >= 4 is 17.7 Å². The Kier molecular flexibility index (Phi) is 2.42. The summed E-state index contributed by atoms with van der Waals surface area (Å²) in [6.07, 6.45) is 1.50. The van der Waals surface area contributed by atoms with E-state index in [1.807, 2.05) is 0 Å². The van der Waals surface area contributed by atoms with Crippen molar-refractivity contribution in [3.63, 3.8) is 0 Å². The van der Waals surface area contributed by atoms with Crippen LogP contribution in [0.2, 0.25) is 0 Å². The predicted octanol–water partition coefficient (Wildman–Crippen LogP) is -0.338. The van der Waals surface area contributed by atoms with Gasteiger partial charge in [0.1, 0.15) is 5.69 Å². The molecule has 0 saturated carbocycles. The van der Waals surface area contributed by atoms with Gasteiger partial charge in [0.15, 0.2) is 0 Å². The molecule has 7 heteroatoms. The molecule has 2 rings (SSSR count). The molecular formula is C9H8N6O. The molecule has 0 radical (unpaired) electrons. The fraction of sp³-hybridized carbons (Fsp3) is 0. The number of carbonyl (C=O) groups is 1. The zero-order valence-electron chi connectivity index (χ0n) is 8.16. The van der Waals surface area contributed by atoms with Crippen LogP contribution in [0.3, 0.4) is 0 Å². The van der Waals surface area contributed by atoms with Crippen LogP contribution >= 0.6 is 0 Å². The summed E-state index contributed by atoms with van der Waals surface area (Å²) in [5.41, 5.74) is 11.0. The second-order valence-corrected chi connectivity index (χ2v) is 2.92. The lowest BCUT2D eigenvalue weighted by molar-refractivity contribution is 0.102. The number of rotatable bonds is 2. The molecule has 0 atom stereocenters. The summed E-state index contributed by atoms with van der Waals surface area (Å²) >= 11 is 0. The Balaban J connectivity index is 2.42. The number of hydrogen-bond donors (Lipinski definition) is 2. The van der Waals surface area contributed by atoms with E-state index in [-0.39, 0.29) is 23.4 Å². The first kappa shape index (κ1) is 9.97. The standard InChI is InChI=1S/C9H8N6O/c10-8-13-7(14-9(11)15-8)6(16)5-3-1-2-4-12-5/h1-4H,(H4,10,11,13,14,15). The smallest absolute Gasteiger partial charge is 0.248 e. The molecule has 0 fully saturated rings. The highest BCUT2D eigenvalue weighted by molar-refractivity contribution is 6.05. The molecule has 4 N–H and O–H groups in total. The Labute approximate surface area is 90.6 Å². The number of aromatic nitrogens is 4. The highest BCUT2D eigenvalue weighted by Crippen LogP contribution is 2.05. The van der Waals surface area contributed by atoms with E-state index in [9.17, 15) is 4.79 Å². The fourth-order valence-electron chi connectivity index (χ4n) is 1.12. The van der Waals surface area contributed by atoms with Gasteiger partial charge in [-0.3, -0.25) is 9.78 Å². The maximum Gasteiger partial charge on any atom is 0.248 e. The normalized spacial score (nSPS) is 10.0. The minimum atomic E-state index is -0.443. The van der Waals surface area contributed by atoms with Gasteiger partial charge in [-0.05, 0) is 12.1 Å². The molecule has 0 amide bonds. The Hall–Kier alpha value is -2.57. The van der Waals surface area contributed by atoms with Crippen molar-refractivity contribution in [2.75, 3.05) is 11.5 Å². The zero-order chi connectivity index (χ0) is 11.5. The maximum atomic E-state index is 11.8. The zero-order valence-corrected chi connectivity index (χ0v) is 8.16. The molecule has 0 aliphatic rings. The minimum Gasteiger partial charge on any atom is -0.368 e. The third kappa shape index (κ3) is 1.92. The van der Waals surface area contributed by atoms with Gasteiger partial charge in [-0.2, -0.15) is 15.0 Å². The summed E-state index contributed by atoms with van der Waals surface area (Å²) in [4.78, 5) is 26.7. The lowest BCUT2D eigenvalue weighted by Crippen LogP contribution is -2.13. The monoisotopic (exact) mass is 216 g/mol. The van der Waals surface area contributed by atoms with Crippen molar-refractivity contribution in [2.24, 2.45) is 0 Å². The molecule has 0 unspecified atom stereocenters. The van der Waals surface area contributed by atoms with Crippen molar-refractivity contribution in [1.29, 1.82) is 0 Å². The summed E-state index contributed by atoms with van der Waals surface area (Å²) in [6, 6.07) is 4.94. The number of hydrogen-bond acceptors (Lipinski definition) is 7. The molecular weight excluding hydrogens is 208 g/mol. The lowest BCUT2D eigenvalue weighted by Gasteiger charge is -2.00. The van der Waals surface area contributed by atoms with Crippen LogP contribution in [-0.4, -0.2) is 25.7 Å². The van der Waals surface area contributed by atoms with E-state index in [2.05, 4.69) is 19.9 Å². The lowest BCUT2D eigenvalue weighted by atomic mass is 10.2. The van der Waals surface area contributed by atoms with Gasteiger partial charge in [-0.15, -0.1) is 0 Å². The van der Waals surface area contributed by atoms with Crippen LogP contribution in [0.15, 0.2) is 24.4 Å². The highest BCUT2D eigenvalue weighted by atomic mass is 16.1. The first-order chi connectivity index (χ1) is 7.66. The number of pyridine rings is 1. The van der Waals surface area contributed by atoms with Gasteiger partial charge in [0.25, 0.3) is 0 Å². The van der Waals surface area contributed by atoms with E-state index in [0.717, 1.165) is 0 Å². The second-order valence-electron chi connectivity index (χ2n) is 2.92. The van der Waals surface area contributed by atoms with E-state index in [1.54, 1.807) is 18.2 Å². The average Bonchev–Trinajstić information content (AvgIpc) is 2.28. The van der Waals surface area contributed by atoms with Crippen LogP contribution in [0, 0.1) is 0 Å². The number of nitrogens with two attached hydrogens (primary N) is 2. The Morgan fingerprint density at radius 1 is 1.06 bits per heavy atom. The molecule has 2 heterocycles. The number of anilines is 2. The van der Waals surface area contributed by atoms with E-state index >= 15 is 0 Å². The highest BCUT2D eigenvalue weighted by Gasteiger charge is 2.14. The van der Waals surface area contributed by atoms with Crippen molar-refractivity contribution in [3.8, 4) is 0 Å². The number of ketones is 1. The molecule has 0 aromatic carbocycles. The minimum absolute atomic E-state index is 0.0909. The van der Waals surface area contributed by atoms with Crippen LogP contribution < -0.4 is 11.5 Å². The SMILES string of the molecule is Nc1nc(N)nc(C(=O)c2ccccn2)n1. The largest absolute Gasteiger partial charge is 0.368 e. The Morgan fingerprint density at radius 3 is 2.31 bits per heavy atom. The molecule has 2 aromatic rings. The van der Waals surface area contributed by atoms with Crippen LogP contribution in [0.5, 0.6) is 0 Å². The van der Waals surface area contributed by atoms with Crippen molar-refractivity contribution in [1.82, 2.24) is 19.9 Å². The molecule has 16 heavy (non-hydrogen) atoms. The van der Waals surface area contributed by atoms with Crippen LogP contribution in [0.1, 0.15) is 16.3 Å². The summed E-state index contributed by atoms with van der Waals surface area (Å²) in [7, 11) is 0. The third-order valence-electron chi connectivity index (χ3n) is 1.77. The van der Waals surface area contributed by atoms with Gasteiger partial charge < -0.3 is 11.5 Å². The van der Waals surface area contributed by atoms with E-state index in [4.69, 9.17) is 11.5 Å². The van der Waals surface area contributed by atoms with Crippen molar-refractivity contribution < 1.29 is 4.79 Å². The van der Waals surface area contributed by atoms with Gasteiger partial charge in [-0.1, -0.05) is 6.07 Å². The van der Waals surface area contributed by atoms with Gasteiger partial charge in [-0.25, -0.2) is 0 Å². The van der Waals surface area contributed by atoms with Crippen molar-refractivity contribution in [3.05, 3.63) is 35.9 Å². The molecule has 0 saturated heterocycles. The van der Waals surface area contributed by atoms with E-state index in [0.29, 0.717) is 0 Å². The first-order valence-corrected chi connectivity index (χ1v) is 4.39. The summed E-state index contributed by atoms with van der Waals surface area (Å²) in [5.74, 6) is -0.733. The first-order valence-electron chi connectivity index (χ1n) is 4.39. The molecule has 0 bridgehead atoms. The van der Waals surface area contributed by atoms with Crippen LogP contribution in [-0.2, 0) is 0 Å². The average molecular weight is 216 g/mol. The molecule has 0 aliphatic heterocycles. The molecule has 7 nitrogen and oxygen atoms in total. The topological polar surface area (TPSA) is 121 Å². The summed E-state index contributed by atoms with van der Waals surface area (Å²) in [6.45, 7) is 0. The second kappa shape index (κ2) is 3.89.